The Hall–Kier alpha value is -1.18. The van der Waals surface area contributed by atoms with Crippen molar-refractivity contribution in [2.75, 3.05) is 29.9 Å². The van der Waals surface area contributed by atoms with Crippen molar-refractivity contribution in [1.82, 2.24) is 0 Å². The molecule has 1 atom stereocenters. The van der Waals surface area contributed by atoms with Gasteiger partial charge in [-0.2, -0.15) is 0 Å². The molecule has 1 aliphatic heterocycles. The number of rotatable bonds is 5. The molecule has 0 aromatic heterocycles. The van der Waals surface area contributed by atoms with Gasteiger partial charge < -0.3 is 10.2 Å². The van der Waals surface area contributed by atoms with Crippen LogP contribution in [0.1, 0.15) is 58.3 Å². The Morgan fingerprint density at radius 1 is 1.00 bits per heavy atom. The van der Waals surface area contributed by atoms with Crippen LogP contribution >= 0.6 is 0 Å². The average molecular weight is 300 g/mol. The monoisotopic (exact) mass is 300 g/mol. The first-order valence-corrected chi connectivity index (χ1v) is 9.40. The fourth-order valence-corrected chi connectivity index (χ4v) is 4.11. The van der Waals surface area contributed by atoms with E-state index in [4.69, 9.17) is 0 Å². The quantitative estimate of drug-likeness (QED) is 0.793. The molecule has 1 saturated carbocycles. The third kappa shape index (κ3) is 4.41. The van der Waals surface area contributed by atoms with Crippen LogP contribution in [0.2, 0.25) is 0 Å². The van der Waals surface area contributed by atoms with Crippen molar-refractivity contribution in [2.45, 2.75) is 58.3 Å². The van der Waals surface area contributed by atoms with Crippen molar-refractivity contribution >= 4 is 11.4 Å². The molecule has 1 saturated heterocycles. The fraction of sp³-hybridized carbons (Fsp3) is 0.700. The maximum Gasteiger partial charge on any atom is 0.0367 e. The second-order valence-corrected chi connectivity index (χ2v) is 7.46. The molecule has 1 aliphatic carbocycles. The van der Waals surface area contributed by atoms with E-state index in [2.05, 4.69) is 41.4 Å². The Morgan fingerprint density at radius 2 is 1.77 bits per heavy atom. The Labute approximate surface area is 136 Å². The fourth-order valence-electron chi connectivity index (χ4n) is 4.11. The number of hydrogen-bond acceptors (Lipinski definition) is 2. The Balaban J connectivity index is 1.44. The van der Waals surface area contributed by atoms with E-state index in [-0.39, 0.29) is 0 Å². The molecule has 3 rings (SSSR count). The summed E-state index contributed by atoms with van der Waals surface area (Å²) in [6.45, 7) is 5.94. The molecule has 22 heavy (non-hydrogen) atoms. The van der Waals surface area contributed by atoms with E-state index in [9.17, 15) is 0 Å². The predicted molar refractivity (Wildman–Crippen MR) is 96.7 cm³/mol. The van der Waals surface area contributed by atoms with Crippen LogP contribution in [-0.4, -0.2) is 19.6 Å². The van der Waals surface area contributed by atoms with Gasteiger partial charge in [0.2, 0.25) is 0 Å². The smallest absolute Gasteiger partial charge is 0.0367 e. The van der Waals surface area contributed by atoms with E-state index in [1.54, 1.807) is 0 Å². The standard InChI is InChI=1S/C20H32N2/c1-17-6-5-15-22(16-17)20-11-9-19(10-12-20)21-14-13-18-7-3-2-4-8-18/h9-12,17-18,21H,2-8,13-16H2,1H3. The summed E-state index contributed by atoms with van der Waals surface area (Å²) in [5, 5.41) is 3.61. The summed E-state index contributed by atoms with van der Waals surface area (Å²) in [7, 11) is 0. The number of nitrogens with one attached hydrogen (secondary N) is 1. The van der Waals surface area contributed by atoms with Crippen molar-refractivity contribution in [2.24, 2.45) is 11.8 Å². The summed E-state index contributed by atoms with van der Waals surface area (Å²) in [6.07, 6.45) is 11.3. The molecular formula is C20H32N2. The molecule has 1 aromatic rings. The Kier molecular flexibility index (Phi) is 5.64. The van der Waals surface area contributed by atoms with Gasteiger partial charge in [-0.15, -0.1) is 0 Å². The van der Waals surface area contributed by atoms with E-state index in [0.29, 0.717) is 0 Å². The van der Waals surface area contributed by atoms with Crippen molar-refractivity contribution in [3.63, 3.8) is 0 Å². The van der Waals surface area contributed by atoms with Crippen LogP contribution < -0.4 is 10.2 Å². The molecule has 0 bridgehead atoms. The first-order chi connectivity index (χ1) is 10.8. The molecule has 1 heterocycles. The highest BCUT2D eigenvalue weighted by Crippen LogP contribution is 2.27. The molecule has 2 aliphatic rings. The number of hydrogen-bond donors (Lipinski definition) is 1. The molecule has 2 fully saturated rings. The minimum atomic E-state index is 0.835. The van der Waals surface area contributed by atoms with Gasteiger partial charge in [0.15, 0.2) is 0 Å². The van der Waals surface area contributed by atoms with Gasteiger partial charge in [-0.05, 0) is 55.4 Å². The topological polar surface area (TPSA) is 15.3 Å². The highest BCUT2D eigenvalue weighted by atomic mass is 15.1. The summed E-state index contributed by atoms with van der Waals surface area (Å²) in [5.41, 5.74) is 2.67. The van der Waals surface area contributed by atoms with Crippen LogP contribution in [0, 0.1) is 11.8 Å². The third-order valence-corrected chi connectivity index (χ3v) is 5.50. The molecule has 1 unspecified atom stereocenters. The summed E-state index contributed by atoms with van der Waals surface area (Å²) in [5.74, 6) is 1.80. The van der Waals surface area contributed by atoms with Crippen LogP contribution in [0.4, 0.5) is 11.4 Å². The predicted octanol–water partition coefficient (Wildman–Crippen LogP) is 5.31. The Bertz CT molecular complexity index is 434. The maximum absolute atomic E-state index is 3.61. The highest BCUT2D eigenvalue weighted by molar-refractivity contribution is 5.55. The summed E-state index contributed by atoms with van der Waals surface area (Å²) < 4.78 is 0. The van der Waals surface area contributed by atoms with Crippen LogP contribution in [-0.2, 0) is 0 Å². The van der Waals surface area contributed by atoms with E-state index in [1.165, 1.54) is 75.8 Å². The minimum Gasteiger partial charge on any atom is -0.385 e. The molecule has 1 aromatic carbocycles. The lowest BCUT2D eigenvalue weighted by atomic mass is 9.87. The van der Waals surface area contributed by atoms with Crippen molar-refractivity contribution in [3.8, 4) is 0 Å². The summed E-state index contributed by atoms with van der Waals surface area (Å²) >= 11 is 0. The lowest BCUT2D eigenvalue weighted by Crippen LogP contribution is -2.34. The van der Waals surface area contributed by atoms with Gasteiger partial charge >= 0.3 is 0 Å². The zero-order valence-electron chi connectivity index (χ0n) is 14.2. The van der Waals surface area contributed by atoms with Crippen LogP contribution in [0.3, 0.4) is 0 Å². The lowest BCUT2D eigenvalue weighted by molar-refractivity contribution is 0.345. The second kappa shape index (κ2) is 7.89. The van der Waals surface area contributed by atoms with Crippen LogP contribution in [0.25, 0.3) is 0 Å². The minimum absolute atomic E-state index is 0.835. The van der Waals surface area contributed by atoms with E-state index < -0.39 is 0 Å². The summed E-state index contributed by atoms with van der Waals surface area (Å²) in [4.78, 5) is 2.54. The molecule has 0 spiro atoms. The second-order valence-electron chi connectivity index (χ2n) is 7.46. The molecule has 0 amide bonds. The average Bonchev–Trinajstić information content (AvgIpc) is 2.56. The van der Waals surface area contributed by atoms with E-state index in [1.807, 2.05) is 0 Å². The number of anilines is 2. The van der Waals surface area contributed by atoms with E-state index >= 15 is 0 Å². The van der Waals surface area contributed by atoms with Gasteiger partial charge in [0, 0.05) is 31.0 Å². The van der Waals surface area contributed by atoms with Gasteiger partial charge in [0.05, 0.1) is 0 Å². The van der Waals surface area contributed by atoms with Gasteiger partial charge in [0.25, 0.3) is 0 Å². The van der Waals surface area contributed by atoms with Gasteiger partial charge in [-0.25, -0.2) is 0 Å². The number of nitrogens with zero attached hydrogens (tertiary/aromatic N) is 1. The van der Waals surface area contributed by atoms with Crippen molar-refractivity contribution < 1.29 is 0 Å². The molecular weight excluding hydrogens is 268 g/mol. The first-order valence-electron chi connectivity index (χ1n) is 9.40. The molecule has 2 heteroatoms. The zero-order chi connectivity index (χ0) is 15.2. The van der Waals surface area contributed by atoms with Crippen molar-refractivity contribution in [3.05, 3.63) is 24.3 Å². The van der Waals surface area contributed by atoms with Crippen molar-refractivity contribution in [1.29, 1.82) is 0 Å². The number of piperidine rings is 1. The lowest BCUT2D eigenvalue weighted by Gasteiger charge is -2.32. The SMILES string of the molecule is CC1CCCN(c2ccc(NCCC3CCCCC3)cc2)C1. The number of benzene rings is 1. The molecule has 0 radical (unpaired) electrons. The molecule has 1 N–H and O–H groups in total. The van der Waals surface area contributed by atoms with Crippen LogP contribution in [0.15, 0.2) is 24.3 Å². The van der Waals surface area contributed by atoms with Crippen LogP contribution in [0.5, 0.6) is 0 Å². The van der Waals surface area contributed by atoms with Gasteiger partial charge in [-0.3, -0.25) is 0 Å². The first kappa shape index (κ1) is 15.7. The third-order valence-electron chi connectivity index (χ3n) is 5.50. The van der Waals surface area contributed by atoms with E-state index in [0.717, 1.165) is 18.4 Å². The van der Waals surface area contributed by atoms with Gasteiger partial charge in [-0.1, -0.05) is 39.0 Å². The zero-order valence-corrected chi connectivity index (χ0v) is 14.2. The largest absolute Gasteiger partial charge is 0.385 e. The Morgan fingerprint density at radius 3 is 2.50 bits per heavy atom. The highest BCUT2D eigenvalue weighted by Gasteiger charge is 2.16. The van der Waals surface area contributed by atoms with Gasteiger partial charge in [0.1, 0.15) is 0 Å². The maximum atomic E-state index is 3.61. The summed E-state index contributed by atoms with van der Waals surface area (Å²) in [6, 6.07) is 9.10. The molecule has 122 valence electrons. The normalized spacial score (nSPS) is 23.5. The molecule has 2 nitrogen and oxygen atoms in total.